The molecule has 4 rings (SSSR count). The van der Waals surface area contributed by atoms with Crippen LogP contribution in [0.2, 0.25) is 0 Å². The highest BCUT2D eigenvalue weighted by atomic mass is 16.5. The minimum atomic E-state index is -0.0497. The summed E-state index contributed by atoms with van der Waals surface area (Å²) >= 11 is 0. The van der Waals surface area contributed by atoms with Crippen LogP contribution in [0.15, 0.2) is 24.3 Å². The molecule has 0 saturated carbocycles. The van der Waals surface area contributed by atoms with E-state index >= 15 is 0 Å². The lowest BCUT2D eigenvalue weighted by Crippen LogP contribution is -2.41. The van der Waals surface area contributed by atoms with Crippen LogP contribution in [0.5, 0.6) is 11.5 Å². The number of rotatable bonds is 4. The molecule has 0 unspecified atom stereocenters. The van der Waals surface area contributed by atoms with Gasteiger partial charge in [0.1, 0.15) is 0 Å². The molecule has 2 aromatic carbocycles. The Morgan fingerprint density at radius 2 is 1.78 bits per heavy atom. The van der Waals surface area contributed by atoms with Crippen LogP contribution in [0.25, 0.3) is 0 Å². The average Bonchev–Trinajstić information content (AvgIpc) is 2.71. The van der Waals surface area contributed by atoms with Crippen LogP contribution in [-0.2, 0) is 26.2 Å². The molecular weight excluding hydrogens is 342 g/mol. The van der Waals surface area contributed by atoms with Gasteiger partial charge in [0.2, 0.25) is 0 Å². The van der Waals surface area contributed by atoms with Gasteiger partial charge >= 0.3 is 0 Å². The summed E-state index contributed by atoms with van der Waals surface area (Å²) in [6.07, 6.45) is 0.943. The van der Waals surface area contributed by atoms with Gasteiger partial charge in [0.05, 0.1) is 27.4 Å². The Kier molecular flexibility index (Phi) is 4.84. The lowest BCUT2D eigenvalue weighted by Gasteiger charge is -2.45. The van der Waals surface area contributed by atoms with Gasteiger partial charge in [0.15, 0.2) is 11.5 Å². The zero-order valence-electron chi connectivity index (χ0n) is 16.2. The molecule has 0 spiro atoms. The molecule has 27 heavy (non-hydrogen) atoms. The smallest absolute Gasteiger partial charge is 0.165 e. The quantitative estimate of drug-likeness (QED) is 0.868. The maximum Gasteiger partial charge on any atom is 0.165 e. The third-order valence-corrected chi connectivity index (χ3v) is 6.19. The fraction of sp³-hybridized carbons (Fsp3) is 0.455. The SMILES string of the molecule is COc1ccc2c(c1OC)CN1CCc3cc(CO)c(CO)cc3[C@H]1[C@H]2C. The molecule has 2 aliphatic heterocycles. The standard InChI is InChI=1S/C22H27NO4/c1-13-17-4-5-20(26-2)22(27-3)19(17)10-23-7-6-14-8-15(11-24)16(12-25)9-18(14)21(13)23/h4-5,8-9,13,21,24-25H,6-7,10-12H2,1-3H3/t13-,21+/m0/s1. The maximum atomic E-state index is 9.74. The van der Waals surface area contributed by atoms with Crippen LogP contribution in [0.3, 0.4) is 0 Å². The van der Waals surface area contributed by atoms with E-state index in [-0.39, 0.29) is 19.3 Å². The van der Waals surface area contributed by atoms with Crippen LogP contribution >= 0.6 is 0 Å². The minimum absolute atomic E-state index is 0.0348. The monoisotopic (exact) mass is 369 g/mol. The first-order valence-corrected chi connectivity index (χ1v) is 9.47. The highest BCUT2D eigenvalue weighted by Gasteiger charge is 2.39. The van der Waals surface area contributed by atoms with E-state index in [2.05, 4.69) is 30.0 Å². The summed E-state index contributed by atoms with van der Waals surface area (Å²) < 4.78 is 11.2. The largest absolute Gasteiger partial charge is 0.493 e. The molecular formula is C22H27NO4. The van der Waals surface area contributed by atoms with Gasteiger partial charge in [-0.05, 0) is 40.3 Å². The molecule has 0 fully saturated rings. The Bertz CT molecular complexity index is 864. The fourth-order valence-corrected chi connectivity index (χ4v) is 4.88. The first-order valence-electron chi connectivity index (χ1n) is 9.47. The Balaban J connectivity index is 1.82. The maximum absolute atomic E-state index is 9.74. The van der Waals surface area contributed by atoms with Crippen molar-refractivity contribution >= 4 is 0 Å². The first-order chi connectivity index (χ1) is 13.1. The number of aliphatic hydroxyl groups excluding tert-OH is 2. The number of fused-ring (bicyclic) bond motifs is 4. The predicted octanol–water partition coefficient (Wildman–Crippen LogP) is 2.90. The third kappa shape index (κ3) is 2.81. The summed E-state index contributed by atoms with van der Waals surface area (Å²) in [5.74, 6) is 1.89. The number of aliphatic hydroxyl groups is 2. The van der Waals surface area contributed by atoms with Gasteiger partial charge in [-0.1, -0.05) is 25.1 Å². The molecule has 2 aromatic rings. The molecule has 2 heterocycles. The summed E-state index contributed by atoms with van der Waals surface area (Å²) in [7, 11) is 3.37. The van der Waals surface area contributed by atoms with Crippen molar-refractivity contribution in [1.82, 2.24) is 4.90 Å². The van der Waals surface area contributed by atoms with Crippen molar-refractivity contribution in [3.63, 3.8) is 0 Å². The molecule has 2 N–H and O–H groups in total. The van der Waals surface area contributed by atoms with E-state index < -0.39 is 0 Å². The van der Waals surface area contributed by atoms with E-state index in [1.54, 1.807) is 14.2 Å². The summed E-state index contributed by atoms with van der Waals surface area (Å²) in [4.78, 5) is 2.50. The Hall–Kier alpha value is -2.08. The van der Waals surface area contributed by atoms with Crippen LogP contribution in [0.1, 0.15) is 52.3 Å². The third-order valence-electron chi connectivity index (χ3n) is 6.19. The van der Waals surface area contributed by atoms with Crippen molar-refractivity contribution in [2.45, 2.75) is 45.1 Å². The number of methoxy groups -OCH3 is 2. The Morgan fingerprint density at radius 1 is 1.04 bits per heavy atom. The number of hydrogen-bond acceptors (Lipinski definition) is 5. The Morgan fingerprint density at radius 3 is 2.44 bits per heavy atom. The normalized spacial score (nSPS) is 21.2. The molecule has 5 nitrogen and oxygen atoms in total. The van der Waals surface area contributed by atoms with E-state index in [1.165, 1.54) is 22.3 Å². The van der Waals surface area contributed by atoms with Gasteiger partial charge in [0, 0.05) is 30.6 Å². The van der Waals surface area contributed by atoms with Crippen LogP contribution < -0.4 is 9.47 Å². The topological polar surface area (TPSA) is 62.2 Å². The van der Waals surface area contributed by atoms with Crippen LogP contribution in [0, 0.1) is 0 Å². The highest BCUT2D eigenvalue weighted by molar-refractivity contribution is 5.54. The Labute approximate surface area is 160 Å². The van der Waals surface area contributed by atoms with Crippen molar-refractivity contribution in [3.8, 4) is 11.5 Å². The van der Waals surface area contributed by atoms with E-state index in [9.17, 15) is 10.2 Å². The molecule has 144 valence electrons. The molecule has 2 atom stereocenters. The van der Waals surface area contributed by atoms with Crippen molar-refractivity contribution in [2.24, 2.45) is 0 Å². The van der Waals surface area contributed by atoms with Crippen molar-refractivity contribution in [1.29, 1.82) is 0 Å². The second kappa shape index (κ2) is 7.15. The van der Waals surface area contributed by atoms with Gasteiger partial charge in [-0.3, -0.25) is 4.90 Å². The highest BCUT2D eigenvalue weighted by Crippen LogP contribution is 2.49. The van der Waals surface area contributed by atoms with E-state index in [0.717, 1.165) is 42.1 Å². The summed E-state index contributed by atoms with van der Waals surface area (Å²) in [6.45, 7) is 3.96. The molecule has 0 radical (unpaired) electrons. The molecule has 2 aliphatic rings. The van der Waals surface area contributed by atoms with Gasteiger partial charge in [-0.25, -0.2) is 0 Å². The lowest BCUT2D eigenvalue weighted by atomic mass is 9.76. The van der Waals surface area contributed by atoms with Crippen molar-refractivity contribution in [3.05, 3.63) is 57.6 Å². The average molecular weight is 369 g/mol. The van der Waals surface area contributed by atoms with Crippen LogP contribution in [0.4, 0.5) is 0 Å². The zero-order valence-corrected chi connectivity index (χ0v) is 16.2. The molecule has 0 aromatic heterocycles. The van der Waals surface area contributed by atoms with Crippen LogP contribution in [-0.4, -0.2) is 35.9 Å². The first kappa shape index (κ1) is 18.3. The second-order valence-electron chi connectivity index (χ2n) is 7.46. The van der Waals surface area contributed by atoms with Crippen molar-refractivity contribution in [2.75, 3.05) is 20.8 Å². The van der Waals surface area contributed by atoms with Gasteiger partial charge in [-0.2, -0.15) is 0 Å². The second-order valence-corrected chi connectivity index (χ2v) is 7.46. The molecule has 0 amide bonds. The molecule has 0 aliphatic carbocycles. The van der Waals surface area contributed by atoms with Gasteiger partial charge < -0.3 is 19.7 Å². The predicted molar refractivity (Wildman–Crippen MR) is 103 cm³/mol. The molecule has 0 bridgehead atoms. The van der Waals surface area contributed by atoms with E-state index in [0.29, 0.717) is 5.92 Å². The van der Waals surface area contributed by atoms with Gasteiger partial charge in [-0.15, -0.1) is 0 Å². The van der Waals surface area contributed by atoms with Crippen molar-refractivity contribution < 1.29 is 19.7 Å². The summed E-state index contributed by atoms with van der Waals surface area (Å²) in [5.41, 5.74) is 6.71. The number of nitrogens with zero attached hydrogens (tertiary/aromatic N) is 1. The number of ether oxygens (including phenoxy) is 2. The number of benzene rings is 2. The van der Waals surface area contributed by atoms with Gasteiger partial charge in [0.25, 0.3) is 0 Å². The molecule has 0 saturated heterocycles. The zero-order chi connectivity index (χ0) is 19.1. The summed E-state index contributed by atoms with van der Waals surface area (Å²) in [6, 6.07) is 8.58. The van der Waals surface area contributed by atoms with E-state index in [4.69, 9.17) is 9.47 Å². The fourth-order valence-electron chi connectivity index (χ4n) is 4.88. The number of hydrogen-bond donors (Lipinski definition) is 2. The summed E-state index contributed by atoms with van der Waals surface area (Å²) in [5, 5.41) is 19.4. The molecule has 5 heteroatoms. The lowest BCUT2D eigenvalue weighted by molar-refractivity contribution is 0.136. The minimum Gasteiger partial charge on any atom is -0.493 e. The van der Waals surface area contributed by atoms with E-state index in [1.807, 2.05) is 6.07 Å².